The number of hydrazone groups is 1. The van der Waals surface area contributed by atoms with Crippen molar-refractivity contribution in [2.45, 2.75) is 6.61 Å². The Morgan fingerprint density at radius 2 is 1.97 bits per heavy atom. The van der Waals surface area contributed by atoms with Gasteiger partial charge in [0.25, 0.3) is 5.91 Å². The first-order valence-electron chi connectivity index (χ1n) is 8.64. The summed E-state index contributed by atoms with van der Waals surface area (Å²) in [5, 5.41) is 3.92. The van der Waals surface area contributed by atoms with Crippen LogP contribution in [0.2, 0.25) is 0 Å². The van der Waals surface area contributed by atoms with Gasteiger partial charge in [-0.1, -0.05) is 12.1 Å². The molecule has 2 amide bonds. The smallest absolute Gasteiger partial charge is 0.307 e. The maximum absolute atomic E-state index is 11.8. The van der Waals surface area contributed by atoms with Gasteiger partial charge in [-0.15, -0.1) is 0 Å². The lowest BCUT2D eigenvalue weighted by Crippen LogP contribution is -2.16. The van der Waals surface area contributed by atoms with E-state index in [-0.39, 0.29) is 12.4 Å². The largest absolute Gasteiger partial charge is 0.496 e. The van der Waals surface area contributed by atoms with Crippen LogP contribution in [0.5, 0.6) is 11.5 Å². The molecule has 3 aromatic rings. The summed E-state index contributed by atoms with van der Waals surface area (Å²) in [6.45, 7) is 0.147. The highest BCUT2D eigenvalue weighted by Gasteiger charge is 2.11. The SMILES string of the molecule is COc1ccc(/C=N\NC(=O)c2ccco2)cc1COc1ccccc1C(N)=O. The molecule has 0 unspecified atom stereocenters. The molecule has 8 nitrogen and oxygen atoms in total. The first-order chi connectivity index (χ1) is 14.1. The van der Waals surface area contributed by atoms with E-state index in [1.807, 2.05) is 0 Å². The summed E-state index contributed by atoms with van der Waals surface area (Å²) in [6, 6.07) is 15.2. The van der Waals surface area contributed by atoms with Crippen LogP contribution < -0.4 is 20.6 Å². The Hall–Kier alpha value is -4.07. The number of carbonyl (C=O) groups excluding carboxylic acids is 2. The highest BCUT2D eigenvalue weighted by molar-refractivity contribution is 5.95. The number of furan rings is 1. The Morgan fingerprint density at radius 1 is 1.14 bits per heavy atom. The summed E-state index contributed by atoms with van der Waals surface area (Å²) in [4.78, 5) is 23.3. The molecule has 29 heavy (non-hydrogen) atoms. The molecule has 0 fully saturated rings. The minimum Gasteiger partial charge on any atom is -0.496 e. The molecular formula is C21H19N3O5. The Morgan fingerprint density at radius 3 is 2.69 bits per heavy atom. The molecule has 0 atom stereocenters. The van der Waals surface area contributed by atoms with Gasteiger partial charge in [0.15, 0.2) is 5.76 Å². The van der Waals surface area contributed by atoms with Gasteiger partial charge in [-0.3, -0.25) is 9.59 Å². The molecule has 0 spiro atoms. The van der Waals surface area contributed by atoms with Crippen molar-refractivity contribution in [1.29, 1.82) is 0 Å². The Bertz CT molecular complexity index is 1030. The molecule has 0 radical (unpaired) electrons. The van der Waals surface area contributed by atoms with Gasteiger partial charge in [-0.2, -0.15) is 5.10 Å². The zero-order valence-electron chi connectivity index (χ0n) is 15.6. The molecule has 0 aliphatic rings. The van der Waals surface area contributed by atoms with E-state index >= 15 is 0 Å². The lowest BCUT2D eigenvalue weighted by Gasteiger charge is -2.12. The van der Waals surface area contributed by atoms with Crippen molar-refractivity contribution >= 4 is 18.0 Å². The van der Waals surface area contributed by atoms with E-state index in [9.17, 15) is 9.59 Å². The normalized spacial score (nSPS) is 10.7. The van der Waals surface area contributed by atoms with Crippen molar-refractivity contribution in [3.8, 4) is 11.5 Å². The summed E-state index contributed by atoms with van der Waals surface area (Å²) in [6.07, 6.45) is 2.89. The van der Waals surface area contributed by atoms with E-state index in [1.54, 1.807) is 55.6 Å². The van der Waals surface area contributed by atoms with Crippen LogP contribution in [0.25, 0.3) is 0 Å². The van der Waals surface area contributed by atoms with E-state index in [0.29, 0.717) is 22.6 Å². The second kappa shape index (κ2) is 9.23. The first-order valence-corrected chi connectivity index (χ1v) is 8.64. The predicted octanol–water partition coefficient (Wildman–Crippen LogP) is 2.73. The number of hydrogen-bond acceptors (Lipinski definition) is 6. The van der Waals surface area contributed by atoms with E-state index in [2.05, 4.69) is 10.5 Å². The van der Waals surface area contributed by atoms with Crippen LogP contribution in [0.15, 0.2) is 70.4 Å². The molecule has 0 aliphatic heterocycles. The number of hydrogen-bond donors (Lipinski definition) is 2. The van der Waals surface area contributed by atoms with Crippen molar-refractivity contribution < 1.29 is 23.5 Å². The van der Waals surface area contributed by atoms with Crippen LogP contribution in [-0.4, -0.2) is 25.1 Å². The fraction of sp³-hybridized carbons (Fsp3) is 0.0952. The summed E-state index contributed by atoms with van der Waals surface area (Å²) in [5.74, 6) is 0.136. The van der Waals surface area contributed by atoms with Gasteiger partial charge in [-0.05, 0) is 48.0 Å². The molecule has 2 aromatic carbocycles. The third-order valence-electron chi connectivity index (χ3n) is 3.96. The number of methoxy groups -OCH3 is 1. The van der Waals surface area contributed by atoms with Crippen LogP contribution in [0, 0.1) is 0 Å². The molecule has 8 heteroatoms. The molecule has 0 aliphatic carbocycles. The quantitative estimate of drug-likeness (QED) is 0.451. The number of carbonyl (C=O) groups is 2. The third-order valence-corrected chi connectivity index (χ3v) is 3.96. The van der Waals surface area contributed by atoms with Crippen LogP contribution in [0.1, 0.15) is 32.0 Å². The van der Waals surface area contributed by atoms with E-state index in [1.165, 1.54) is 18.5 Å². The number of benzene rings is 2. The summed E-state index contributed by atoms with van der Waals surface area (Å²) in [7, 11) is 1.55. The minimum atomic E-state index is -0.569. The molecule has 1 heterocycles. The van der Waals surface area contributed by atoms with Crippen molar-refractivity contribution in [2.24, 2.45) is 10.8 Å². The zero-order valence-corrected chi connectivity index (χ0v) is 15.6. The number of para-hydroxylation sites is 1. The topological polar surface area (TPSA) is 116 Å². The maximum Gasteiger partial charge on any atom is 0.307 e. The number of nitrogens with zero attached hydrogens (tertiary/aromatic N) is 1. The lowest BCUT2D eigenvalue weighted by molar-refractivity contribution is 0.0926. The molecule has 1 aromatic heterocycles. The molecule has 0 bridgehead atoms. The molecule has 3 N–H and O–H groups in total. The number of nitrogens with one attached hydrogen (secondary N) is 1. The number of nitrogens with two attached hydrogens (primary N) is 1. The van der Waals surface area contributed by atoms with Crippen LogP contribution in [0.4, 0.5) is 0 Å². The Balaban J connectivity index is 1.71. The van der Waals surface area contributed by atoms with Crippen molar-refractivity contribution in [3.05, 3.63) is 83.3 Å². The summed E-state index contributed by atoms with van der Waals surface area (Å²) >= 11 is 0. The second-order valence-electron chi connectivity index (χ2n) is 5.90. The van der Waals surface area contributed by atoms with Crippen LogP contribution in [0.3, 0.4) is 0 Å². The van der Waals surface area contributed by atoms with Gasteiger partial charge in [0.2, 0.25) is 0 Å². The summed E-state index contributed by atoms with van der Waals surface area (Å²) < 4.78 is 16.1. The predicted molar refractivity (Wildman–Crippen MR) is 106 cm³/mol. The molecule has 3 rings (SSSR count). The van der Waals surface area contributed by atoms with Gasteiger partial charge >= 0.3 is 5.91 Å². The number of amides is 2. The van der Waals surface area contributed by atoms with Crippen molar-refractivity contribution in [1.82, 2.24) is 5.43 Å². The average molecular weight is 393 g/mol. The van der Waals surface area contributed by atoms with Gasteiger partial charge in [0, 0.05) is 5.56 Å². The van der Waals surface area contributed by atoms with Gasteiger partial charge < -0.3 is 19.6 Å². The Kier molecular flexibility index (Phi) is 6.26. The Labute approximate surface area is 166 Å². The number of rotatable bonds is 8. The zero-order chi connectivity index (χ0) is 20.6. The number of ether oxygens (including phenoxy) is 2. The van der Waals surface area contributed by atoms with Crippen molar-refractivity contribution in [3.63, 3.8) is 0 Å². The van der Waals surface area contributed by atoms with Gasteiger partial charge in [0.05, 0.1) is 25.2 Å². The van der Waals surface area contributed by atoms with E-state index in [4.69, 9.17) is 19.6 Å². The molecule has 0 saturated carbocycles. The standard InChI is InChI=1S/C21H19N3O5/c1-27-17-9-8-14(12-23-24-21(26)19-7-4-10-28-19)11-15(17)13-29-18-6-3-2-5-16(18)20(22)25/h2-12H,13H2,1H3,(H2,22,25)(H,24,26)/b23-12-. The molecule has 0 saturated heterocycles. The van der Waals surface area contributed by atoms with Gasteiger partial charge in [-0.25, -0.2) is 5.43 Å². The maximum atomic E-state index is 11.8. The van der Waals surface area contributed by atoms with Crippen LogP contribution >= 0.6 is 0 Å². The highest BCUT2D eigenvalue weighted by Crippen LogP contribution is 2.23. The fourth-order valence-corrected chi connectivity index (χ4v) is 2.57. The molecule has 148 valence electrons. The third kappa shape index (κ3) is 5.01. The average Bonchev–Trinajstić information content (AvgIpc) is 3.27. The molecular weight excluding hydrogens is 374 g/mol. The van der Waals surface area contributed by atoms with Crippen molar-refractivity contribution in [2.75, 3.05) is 7.11 Å². The monoisotopic (exact) mass is 393 g/mol. The highest BCUT2D eigenvalue weighted by atomic mass is 16.5. The van der Waals surface area contributed by atoms with E-state index in [0.717, 1.165) is 5.56 Å². The van der Waals surface area contributed by atoms with Crippen LogP contribution in [-0.2, 0) is 6.61 Å². The fourth-order valence-electron chi connectivity index (χ4n) is 2.57. The minimum absolute atomic E-state index is 0.147. The number of primary amides is 1. The lowest BCUT2D eigenvalue weighted by atomic mass is 10.1. The second-order valence-corrected chi connectivity index (χ2v) is 5.90. The van der Waals surface area contributed by atoms with E-state index < -0.39 is 11.8 Å². The van der Waals surface area contributed by atoms with Gasteiger partial charge in [0.1, 0.15) is 18.1 Å². The summed E-state index contributed by atoms with van der Waals surface area (Å²) in [5.41, 5.74) is 9.50. The first kappa shape index (κ1) is 19.7.